The van der Waals surface area contributed by atoms with Crippen LogP contribution >= 0.6 is 0 Å². The number of rotatable bonds is 6. The summed E-state index contributed by atoms with van der Waals surface area (Å²) in [7, 11) is 0. The normalized spacial score (nSPS) is 11.9. The molecule has 128 valence electrons. The number of carbonyl (C=O) groups is 1. The Kier molecular flexibility index (Phi) is 4.74. The quantitative estimate of drug-likeness (QED) is 0.715. The number of halogens is 2. The maximum atomic E-state index is 12.2. The number of para-hydroxylation sites is 2. The summed E-state index contributed by atoms with van der Waals surface area (Å²) >= 11 is 0. The summed E-state index contributed by atoms with van der Waals surface area (Å²) in [5.74, 6) is -0.809. The van der Waals surface area contributed by atoms with E-state index < -0.39 is 12.6 Å². The number of aliphatic carboxylic acids is 1. The lowest BCUT2D eigenvalue weighted by molar-refractivity contribution is -0.135. The summed E-state index contributed by atoms with van der Waals surface area (Å²) in [5.41, 5.74) is 2.15. The van der Waals surface area contributed by atoms with Crippen LogP contribution in [0.2, 0.25) is 0 Å². The van der Waals surface area contributed by atoms with Gasteiger partial charge in [0.2, 0.25) is 5.89 Å². The number of hydrogen-bond acceptors (Lipinski definition) is 4. The number of benzene rings is 2. The summed E-state index contributed by atoms with van der Waals surface area (Å²) in [6.45, 7) is -2.90. The van der Waals surface area contributed by atoms with Crippen LogP contribution in [0.4, 0.5) is 8.78 Å². The molecule has 2 aromatic carbocycles. The minimum absolute atomic E-state index is 0.0220. The Morgan fingerprint density at radius 3 is 2.56 bits per heavy atom. The van der Waals surface area contributed by atoms with E-state index in [-0.39, 0.29) is 18.1 Å². The Morgan fingerprint density at radius 2 is 1.92 bits per heavy atom. The van der Waals surface area contributed by atoms with Gasteiger partial charge in [-0.2, -0.15) is 8.78 Å². The van der Waals surface area contributed by atoms with Gasteiger partial charge >= 0.3 is 12.6 Å². The van der Waals surface area contributed by atoms with Crippen molar-refractivity contribution in [2.45, 2.75) is 13.0 Å². The van der Waals surface area contributed by atoms with Crippen LogP contribution in [0.1, 0.15) is 17.9 Å². The topological polar surface area (TPSA) is 72.6 Å². The van der Waals surface area contributed by atoms with Gasteiger partial charge in [0.1, 0.15) is 11.3 Å². The number of ether oxygens (including phenoxy) is 1. The van der Waals surface area contributed by atoms with Crippen molar-refractivity contribution in [2.75, 3.05) is 0 Å². The van der Waals surface area contributed by atoms with E-state index in [0.717, 1.165) is 0 Å². The van der Waals surface area contributed by atoms with Gasteiger partial charge in [-0.3, -0.25) is 4.79 Å². The van der Waals surface area contributed by atoms with Crippen molar-refractivity contribution < 1.29 is 27.8 Å². The molecule has 7 heteroatoms. The lowest BCUT2D eigenvalue weighted by Crippen LogP contribution is -2.01. The summed E-state index contributed by atoms with van der Waals surface area (Å²) in [4.78, 5) is 15.4. The van der Waals surface area contributed by atoms with Crippen molar-refractivity contribution in [3.8, 4) is 5.75 Å². The molecular formula is C18H13F2NO4. The fraction of sp³-hybridized carbons (Fsp3) is 0.111. The third-order valence-electron chi connectivity index (χ3n) is 3.36. The summed E-state index contributed by atoms with van der Waals surface area (Å²) in [6.07, 6.45) is 1.30. The number of fused-ring (bicyclic) bond motifs is 1. The molecule has 0 amide bonds. The minimum Gasteiger partial charge on any atom is -0.481 e. The van der Waals surface area contributed by atoms with Gasteiger partial charge < -0.3 is 14.3 Å². The Hall–Kier alpha value is -3.22. The molecule has 0 aliphatic heterocycles. The number of alkyl halides is 2. The minimum atomic E-state index is -2.90. The number of nitrogens with zero attached hydrogens (tertiary/aromatic N) is 1. The van der Waals surface area contributed by atoms with Gasteiger partial charge in [0.15, 0.2) is 5.58 Å². The van der Waals surface area contributed by atoms with Crippen LogP contribution in [0.25, 0.3) is 22.7 Å². The molecule has 1 N–H and O–H groups in total. The second-order valence-electron chi connectivity index (χ2n) is 5.17. The number of hydrogen-bond donors (Lipinski definition) is 1. The zero-order valence-electron chi connectivity index (χ0n) is 12.9. The molecule has 3 rings (SSSR count). The lowest BCUT2D eigenvalue weighted by atomic mass is 10.1. The molecule has 0 saturated heterocycles. The van der Waals surface area contributed by atoms with E-state index >= 15 is 0 Å². The van der Waals surface area contributed by atoms with Crippen molar-refractivity contribution in [3.05, 3.63) is 60.0 Å². The predicted molar refractivity (Wildman–Crippen MR) is 87.2 cm³/mol. The van der Waals surface area contributed by atoms with Crippen LogP contribution < -0.4 is 4.74 Å². The number of oxazole rings is 1. The number of carboxylic acids is 1. The van der Waals surface area contributed by atoms with E-state index in [1.54, 1.807) is 42.5 Å². The van der Waals surface area contributed by atoms with E-state index in [1.165, 1.54) is 12.1 Å². The highest BCUT2D eigenvalue weighted by Gasteiger charge is 2.14. The fourth-order valence-corrected chi connectivity index (χ4v) is 2.31. The van der Waals surface area contributed by atoms with Crippen LogP contribution in [0.15, 0.2) is 52.9 Å². The van der Waals surface area contributed by atoms with Crippen molar-refractivity contribution in [1.82, 2.24) is 4.98 Å². The average Bonchev–Trinajstić information content (AvgIpc) is 2.99. The van der Waals surface area contributed by atoms with Gasteiger partial charge in [-0.1, -0.05) is 24.3 Å². The first-order valence-electron chi connectivity index (χ1n) is 7.34. The van der Waals surface area contributed by atoms with E-state index in [1.807, 2.05) is 0 Å². The van der Waals surface area contributed by atoms with Crippen molar-refractivity contribution >= 4 is 28.7 Å². The van der Waals surface area contributed by atoms with Crippen molar-refractivity contribution in [3.63, 3.8) is 0 Å². The molecule has 25 heavy (non-hydrogen) atoms. The van der Waals surface area contributed by atoms with Gasteiger partial charge in [-0.05, 0) is 35.9 Å². The highest BCUT2D eigenvalue weighted by Crippen LogP contribution is 2.26. The molecule has 0 bridgehead atoms. The Morgan fingerprint density at radius 1 is 1.20 bits per heavy atom. The first-order chi connectivity index (χ1) is 12.0. The van der Waals surface area contributed by atoms with Crippen LogP contribution in [-0.4, -0.2) is 22.7 Å². The Balaban J connectivity index is 1.94. The van der Waals surface area contributed by atoms with Gasteiger partial charge in [0, 0.05) is 5.57 Å². The fourth-order valence-electron chi connectivity index (χ4n) is 2.31. The molecule has 1 heterocycles. The first-order valence-corrected chi connectivity index (χ1v) is 7.34. The molecule has 0 fully saturated rings. The van der Waals surface area contributed by atoms with Gasteiger partial charge in [0.25, 0.3) is 0 Å². The molecule has 0 saturated carbocycles. The second-order valence-corrected chi connectivity index (χ2v) is 5.17. The molecular weight excluding hydrogens is 332 g/mol. The van der Waals surface area contributed by atoms with E-state index in [4.69, 9.17) is 9.52 Å². The van der Waals surface area contributed by atoms with E-state index in [9.17, 15) is 13.6 Å². The summed E-state index contributed by atoms with van der Waals surface area (Å²) in [5, 5.41) is 9.13. The van der Waals surface area contributed by atoms with Gasteiger partial charge in [-0.15, -0.1) is 0 Å². The third-order valence-corrected chi connectivity index (χ3v) is 3.36. The molecule has 5 nitrogen and oxygen atoms in total. The smallest absolute Gasteiger partial charge is 0.387 e. The maximum absolute atomic E-state index is 12.2. The summed E-state index contributed by atoms with van der Waals surface area (Å²) in [6, 6.07) is 12.9. The summed E-state index contributed by atoms with van der Waals surface area (Å²) < 4.78 is 34.3. The molecule has 0 spiro atoms. The number of carboxylic acid groups (broad SMARTS) is 1. The number of aromatic nitrogens is 1. The monoisotopic (exact) mass is 345 g/mol. The SMILES string of the molecule is O=C(O)CC(=Cc1ccc(OC(F)F)cc1)c1nc2ccccc2o1. The molecule has 0 aliphatic carbocycles. The first kappa shape index (κ1) is 16.6. The average molecular weight is 345 g/mol. The second kappa shape index (κ2) is 7.12. The standard InChI is InChI=1S/C18H13F2NO4/c19-18(20)24-13-7-5-11(6-8-13)9-12(10-16(22)23)17-21-14-3-1-2-4-15(14)25-17/h1-9,18H,10H2,(H,22,23). The van der Waals surface area contributed by atoms with Crippen molar-refractivity contribution in [2.24, 2.45) is 0 Å². The van der Waals surface area contributed by atoms with Crippen LogP contribution in [0.5, 0.6) is 5.75 Å². The third kappa shape index (κ3) is 4.20. The van der Waals surface area contributed by atoms with E-state index in [2.05, 4.69) is 9.72 Å². The molecule has 0 aliphatic rings. The Labute approximate surface area is 141 Å². The molecule has 1 aromatic heterocycles. The molecule has 0 atom stereocenters. The Bertz CT molecular complexity index is 883. The largest absolute Gasteiger partial charge is 0.481 e. The predicted octanol–water partition coefficient (Wildman–Crippen LogP) is 4.44. The van der Waals surface area contributed by atoms with E-state index in [0.29, 0.717) is 22.2 Å². The highest BCUT2D eigenvalue weighted by molar-refractivity contribution is 5.90. The van der Waals surface area contributed by atoms with Crippen molar-refractivity contribution in [1.29, 1.82) is 0 Å². The highest BCUT2D eigenvalue weighted by atomic mass is 19.3. The van der Waals surface area contributed by atoms with Crippen LogP contribution in [0, 0.1) is 0 Å². The maximum Gasteiger partial charge on any atom is 0.387 e. The van der Waals surface area contributed by atoms with Gasteiger partial charge in [0.05, 0.1) is 6.42 Å². The molecule has 0 radical (unpaired) electrons. The zero-order chi connectivity index (χ0) is 17.8. The molecule has 3 aromatic rings. The molecule has 0 unspecified atom stereocenters. The zero-order valence-corrected chi connectivity index (χ0v) is 12.9. The lowest BCUT2D eigenvalue weighted by Gasteiger charge is -2.05. The van der Waals surface area contributed by atoms with Gasteiger partial charge in [-0.25, -0.2) is 4.98 Å². The van der Waals surface area contributed by atoms with Crippen LogP contribution in [0.3, 0.4) is 0 Å². The van der Waals surface area contributed by atoms with Crippen LogP contribution in [-0.2, 0) is 4.79 Å².